The van der Waals surface area contributed by atoms with E-state index in [1.54, 1.807) is 40.9 Å². The molecule has 0 atom stereocenters. The highest BCUT2D eigenvalue weighted by molar-refractivity contribution is 5.93. The van der Waals surface area contributed by atoms with Crippen molar-refractivity contribution in [2.75, 3.05) is 53.5 Å². The lowest BCUT2D eigenvalue weighted by Crippen LogP contribution is -2.48. The fourth-order valence-corrected chi connectivity index (χ4v) is 2.23. The van der Waals surface area contributed by atoms with Crippen molar-refractivity contribution in [1.82, 2.24) is 14.7 Å². The molecule has 1 heterocycles. The maximum atomic E-state index is 12.2. The van der Waals surface area contributed by atoms with Crippen molar-refractivity contribution < 1.29 is 14.3 Å². The molecule has 22 heavy (non-hydrogen) atoms. The summed E-state index contributed by atoms with van der Waals surface area (Å²) in [6.07, 6.45) is 0. The molecule has 6 nitrogen and oxygen atoms in total. The molecule has 0 saturated carbocycles. The molecule has 1 radical (unpaired) electrons. The van der Waals surface area contributed by atoms with Gasteiger partial charge in [-0.15, -0.1) is 0 Å². The van der Waals surface area contributed by atoms with E-state index in [9.17, 15) is 9.59 Å². The Morgan fingerprint density at radius 3 is 2.50 bits per heavy atom. The smallest absolute Gasteiger partial charge is 0.319 e. The lowest BCUT2D eigenvalue weighted by atomic mass is 10.2. The molecule has 1 aliphatic rings. The van der Waals surface area contributed by atoms with Crippen molar-refractivity contribution in [1.29, 1.82) is 0 Å². The molecular weight excluding hydrogens is 282 g/mol. The molecule has 1 aromatic rings. The van der Waals surface area contributed by atoms with Crippen LogP contribution in [0.25, 0.3) is 0 Å². The van der Waals surface area contributed by atoms with Crippen LogP contribution in [0, 0.1) is 6.07 Å². The number of hydrogen-bond acceptors (Lipinski definition) is 3. The molecule has 0 spiro atoms. The lowest BCUT2D eigenvalue weighted by Gasteiger charge is -2.31. The maximum Gasteiger partial charge on any atom is 0.319 e. The number of rotatable bonds is 4. The average molecular weight is 304 g/mol. The molecule has 0 N–H and O–H groups in total. The minimum absolute atomic E-state index is 0.0181. The van der Waals surface area contributed by atoms with Crippen LogP contribution in [-0.4, -0.2) is 80.1 Å². The third-order valence-corrected chi connectivity index (χ3v) is 3.67. The van der Waals surface area contributed by atoms with Crippen LogP contribution in [0.1, 0.15) is 10.4 Å². The van der Waals surface area contributed by atoms with E-state index >= 15 is 0 Å². The van der Waals surface area contributed by atoms with E-state index in [-0.39, 0.29) is 11.9 Å². The highest BCUT2D eigenvalue weighted by Crippen LogP contribution is 2.04. The second kappa shape index (κ2) is 7.79. The molecule has 0 aliphatic carbocycles. The fourth-order valence-electron chi connectivity index (χ4n) is 2.23. The summed E-state index contributed by atoms with van der Waals surface area (Å²) in [4.78, 5) is 29.5. The zero-order valence-electron chi connectivity index (χ0n) is 13.1. The van der Waals surface area contributed by atoms with Crippen molar-refractivity contribution in [3.8, 4) is 0 Å². The molecule has 1 aliphatic heterocycles. The maximum absolute atomic E-state index is 12.2. The number of amides is 3. The van der Waals surface area contributed by atoms with Gasteiger partial charge in [0.05, 0.1) is 13.2 Å². The Bertz CT molecular complexity index is 501. The number of carbonyl (C=O) groups is 2. The van der Waals surface area contributed by atoms with E-state index in [0.29, 0.717) is 45.0 Å². The molecule has 0 bridgehead atoms. The Balaban J connectivity index is 1.81. The summed E-state index contributed by atoms with van der Waals surface area (Å²) in [6, 6.07) is 9.99. The summed E-state index contributed by atoms with van der Waals surface area (Å²) in [5.74, 6) is -0.0900. The van der Waals surface area contributed by atoms with Gasteiger partial charge in [0.25, 0.3) is 5.91 Å². The first-order valence-electron chi connectivity index (χ1n) is 7.39. The Morgan fingerprint density at radius 2 is 1.86 bits per heavy atom. The summed E-state index contributed by atoms with van der Waals surface area (Å²) >= 11 is 0. The minimum Gasteiger partial charge on any atom is -0.378 e. The molecule has 6 heteroatoms. The van der Waals surface area contributed by atoms with Crippen LogP contribution in [0.5, 0.6) is 0 Å². The SMILES string of the molecule is CN(CCN(C)C(=O)N1CCOCC1)C(=O)c1[c]cccc1. The zero-order chi connectivity index (χ0) is 15.9. The van der Waals surface area contributed by atoms with Gasteiger partial charge in [-0.3, -0.25) is 4.79 Å². The standard InChI is InChI=1S/C16H22N3O3/c1-17(15(20)14-6-4-3-5-7-14)8-9-18(2)16(21)19-10-12-22-13-11-19/h3-6H,8-13H2,1-2H3. The van der Waals surface area contributed by atoms with Crippen LogP contribution < -0.4 is 0 Å². The van der Waals surface area contributed by atoms with E-state index in [2.05, 4.69) is 6.07 Å². The Labute approximate surface area is 131 Å². The van der Waals surface area contributed by atoms with Crippen LogP contribution in [0.2, 0.25) is 0 Å². The summed E-state index contributed by atoms with van der Waals surface area (Å²) < 4.78 is 5.24. The van der Waals surface area contributed by atoms with Crippen molar-refractivity contribution in [2.45, 2.75) is 0 Å². The van der Waals surface area contributed by atoms with Crippen LogP contribution in [-0.2, 0) is 4.74 Å². The van der Waals surface area contributed by atoms with E-state index < -0.39 is 0 Å². The number of hydrogen-bond donors (Lipinski definition) is 0. The first kappa shape index (κ1) is 16.3. The first-order valence-corrected chi connectivity index (χ1v) is 7.39. The van der Waals surface area contributed by atoms with Gasteiger partial charge in [-0.1, -0.05) is 18.2 Å². The monoisotopic (exact) mass is 304 g/mol. The van der Waals surface area contributed by atoms with Gasteiger partial charge >= 0.3 is 6.03 Å². The Morgan fingerprint density at radius 1 is 1.18 bits per heavy atom. The second-order valence-corrected chi connectivity index (χ2v) is 5.31. The number of carbonyl (C=O) groups excluding carboxylic acids is 2. The Kier molecular flexibility index (Phi) is 5.77. The zero-order valence-corrected chi connectivity index (χ0v) is 13.1. The quantitative estimate of drug-likeness (QED) is 0.832. The average Bonchev–Trinajstić information content (AvgIpc) is 2.59. The number of nitrogens with zero attached hydrogens (tertiary/aromatic N) is 3. The van der Waals surface area contributed by atoms with Crippen molar-refractivity contribution in [2.24, 2.45) is 0 Å². The molecule has 1 fully saturated rings. The fraction of sp³-hybridized carbons (Fsp3) is 0.500. The summed E-state index contributed by atoms with van der Waals surface area (Å²) in [7, 11) is 3.49. The van der Waals surface area contributed by atoms with Crippen LogP contribution in [0.4, 0.5) is 4.79 Å². The van der Waals surface area contributed by atoms with Crippen LogP contribution >= 0.6 is 0 Å². The normalized spacial score (nSPS) is 14.5. The summed E-state index contributed by atoms with van der Waals surface area (Å²) in [5, 5.41) is 0. The number of benzene rings is 1. The molecule has 1 aromatic carbocycles. The minimum atomic E-state index is -0.0900. The third-order valence-electron chi connectivity index (χ3n) is 3.67. The largest absolute Gasteiger partial charge is 0.378 e. The number of urea groups is 1. The molecule has 119 valence electrons. The van der Waals surface area contributed by atoms with E-state index in [1.807, 2.05) is 12.1 Å². The predicted molar refractivity (Wildman–Crippen MR) is 82.7 cm³/mol. The number of ether oxygens (including phenoxy) is 1. The van der Waals surface area contributed by atoms with E-state index in [1.165, 1.54) is 0 Å². The topological polar surface area (TPSA) is 53.1 Å². The van der Waals surface area contributed by atoms with Gasteiger partial charge in [-0.05, 0) is 12.1 Å². The first-order chi connectivity index (χ1) is 10.6. The van der Waals surface area contributed by atoms with Crippen molar-refractivity contribution in [3.05, 3.63) is 35.9 Å². The van der Waals surface area contributed by atoms with E-state index in [4.69, 9.17) is 4.74 Å². The van der Waals surface area contributed by atoms with E-state index in [0.717, 1.165) is 0 Å². The Hall–Kier alpha value is -2.08. The number of likely N-dealkylation sites (N-methyl/N-ethyl adjacent to an activating group) is 2. The van der Waals surface area contributed by atoms with Crippen LogP contribution in [0.15, 0.2) is 24.3 Å². The van der Waals surface area contributed by atoms with Crippen LogP contribution in [0.3, 0.4) is 0 Å². The van der Waals surface area contributed by atoms with Gasteiger partial charge in [-0.25, -0.2) is 4.79 Å². The van der Waals surface area contributed by atoms with Gasteiger partial charge < -0.3 is 19.4 Å². The van der Waals surface area contributed by atoms with Crippen molar-refractivity contribution >= 4 is 11.9 Å². The van der Waals surface area contributed by atoms with Gasteiger partial charge in [-0.2, -0.15) is 0 Å². The van der Waals surface area contributed by atoms with Gasteiger partial charge in [0.15, 0.2) is 0 Å². The summed E-state index contributed by atoms with van der Waals surface area (Å²) in [5.41, 5.74) is 0.534. The van der Waals surface area contributed by atoms with Crippen molar-refractivity contribution in [3.63, 3.8) is 0 Å². The molecule has 0 unspecified atom stereocenters. The second-order valence-electron chi connectivity index (χ2n) is 5.31. The lowest BCUT2D eigenvalue weighted by molar-refractivity contribution is 0.0445. The van der Waals surface area contributed by atoms with Gasteiger partial charge in [0.2, 0.25) is 0 Å². The predicted octanol–water partition coefficient (Wildman–Crippen LogP) is 0.943. The van der Waals surface area contributed by atoms with Gasteiger partial charge in [0.1, 0.15) is 0 Å². The molecule has 2 rings (SSSR count). The molecular formula is C16H22N3O3. The van der Waals surface area contributed by atoms with Gasteiger partial charge in [0, 0.05) is 45.8 Å². The third kappa shape index (κ3) is 4.21. The summed E-state index contributed by atoms with van der Waals surface area (Å²) in [6.45, 7) is 3.39. The highest BCUT2D eigenvalue weighted by Gasteiger charge is 2.21. The molecule has 1 saturated heterocycles. The molecule has 3 amide bonds. The highest BCUT2D eigenvalue weighted by atomic mass is 16.5. The molecule has 0 aromatic heterocycles. The number of morpholine rings is 1.